The summed E-state index contributed by atoms with van der Waals surface area (Å²) in [6, 6.07) is 1.63. The van der Waals surface area contributed by atoms with Crippen molar-refractivity contribution in [2.45, 2.75) is 6.92 Å². The van der Waals surface area contributed by atoms with E-state index in [-0.39, 0.29) is 0 Å². The van der Waals surface area contributed by atoms with Crippen molar-refractivity contribution >= 4 is 11.3 Å². The lowest BCUT2D eigenvalue weighted by atomic mass is 10.5. The van der Waals surface area contributed by atoms with Crippen molar-refractivity contribution in [3.8, 4) is 0 Å². The van der Waals surface area contributed by atoms with Crippen molar-refractivity contribution in [1.29, 1.82) is 0 Å². The summed E-state index contributed by atoms with van der Waals surface area (Å²) >= 11 is 0. The smallest absolute Gasteiger partial charge is 0.294 e. The summed E-state index contributed by atoms with van der Waals surface area (Å²) < 4.78 is 1.05. The first kappa shape index (κ1) is 8.42. The first-order chi connectivity index (χ1) is 6.59. The number of aromatic amines is 1. The van der Waals surface area contributed by atoms with Crippen LogP contribution in [0.4, 0.5) is 5.69 Å². The van der Waals surface area contributed by atoms with Crippen LogP contribution in [0.1, 0.15) is 5.69 Å². The molecule has 0 spiro atoms. The lowest BCUT2D eigenvalue weighted by Gasteiger charge is -1.91. The number of nitrogens with one attached hydrogen (secondary N) is 1. The molecular weight excluding hydrogens is 188 g/mol. The molecule has 0 amide bonds. The molecular formula is C7H6N4O3. The zero-order chi connectivity index (χ0) is 10.3. The number of nitrogens with zero attached hydrogens (tertiary/aromatic N) is 3. The van der Waals surface area contributed by atoms with Crippen LogP contribution >= 0.6 is 0 Å². The fourth-order valence-electron chi connectivity index (χ4n) is 1.20. The monoisotopic (exact) mass is 194 g/mol. The summed E-state index contributed by atoms with van der Waals surface area (Å²) in [6.45, 7) is 1.74. The molecule has 0 unspecified atom stereocenters. The molecule has 0 aliphatic rings. The van der Waals surface area contributed by atoms with Crippen molar-refractivity contribution in [2.24, 2.45) is 0 Å². The van der Waals surface area contributed by atoms with Crippen LogP contribution in [-0.2, 0) is 0 Å². The highest BCUT2D eigenvalue weighted by atomic mass is 16.6. The van der Waals surface area contributed by atoms with Crippen LogP contribution in [0.3, 0.4) is 0 Å². The van der Waals surface area contributed by atoms with Gasteiger partial charge in [0.2, 0.25) is 0 Å². The molecule has 0 aliphatic heterocycles. The topological polar surface area (TPSA) is 93.3 Å². The molecule has 2 rings (SSSR count). The molecule has 72 valence electrons. The maximum atomic E-state index is 11.4. The molecule has 2 heterocycles. The molecule has 7 nitrogen and oxygen atoms in total. The molecule has 0 bridgehead atoms. The number of fused-ring (bicyclic) bond motifs is 1. The summed E-state index contributed by atoms with van der Waals surface area (Å²) in [7, 11) is 0. The molecule has 0 fully saturated rings. The van der Waals surface area contributed by atoms with Gasteiger partial charge in [-0.2, -0.15) is 4.52 Å². The van der Waals surface area contributed by atoms with E-state index >= 15 is 0 Å². The van der Waals surface area contributed by atoms with Crippen molar-refractivity contribution in [1.82, 2.24) is 14.6 Å². The van der Waals surface area contributed by atoms with Crippen LogP contribution in [0.5, 0.6) is 0 Å². The van der Waals surface area contributed by atoms with Crippen molar-refractivity contribution in [3.63, 3.8) is 0 Å². The van der Waals surface area contributed by atoms with E-state index in [9.17, 15) is 14.9 Å². The van der Waals surface area contributed by atoms with Gasteiger partial charge >= 0.3 is 11.2 Å². The molecule has 2 aromatic rings. The minimum atomic E-state index is -0.752. The molecule has 0 aromatic carbocycles. The minimum absolute atomic E-state index is 0.373. The predicted molar refractivity (Wildman–Crippen MR) is 47.2 cm³/mol. The molecule has 0 saturated carbocycles. The van der Waals surface area contributed by atoms with Gasteiger partial charge < -0.3 is 0 Å². The fourth-order valence-corrected chi connectivity index (χ4v) is 1.20. The summed E-state index contributed by atoms with van der Waals surface area (Å²) in [5, 5.41) is 13.1. The van der Waals surface area contributed by atoms with Crippen LogP contribution in [-0.4, -0.2) is 19.5 Å². The first-order valence-corrected chi connectivity index (χ1v) is 3.81. The van der Waals surface area contributed by atoms with Gasteiger partial charge in [0.15, 0.2) is 5.65 Å². The molecule has 0 saturated heterocycles. The van der Waals surface area contributed by atoms with E-state index in [0.29, 0.717) is 5.65 Å². The van der Waals surface area contributed by atoms with E-state index in [2.05, 4.69) is 10.1 Å². The van der Waals surface area contributed by atoms with E-state index < -0.39 is 16.2 Å². The molecule has 0 radical (unpaired) electrons. The van der Waals surface area contributed by atoms with Gasteiger partial charge in [-0.05, 0) is 6.92 Å². The van der Waals surface area contributed by atoms with Gasteiger partial charge in [0.25, 0.3) is 0 Å². The molecule has 0 atom stereocenters. The Kier molecular flexibility index (Phi) is 1.60. The zero-order valence-electron chi connectivity index (χ0n) is 7.22. The van der Waals surface area contributed by atoms with Crippen LogP contribution in [0, 0.1) is 17.0 Å². The quantitative estimate of drug-likeness (QED) is 0.519. The number of aromatic nitrogens is 3. The number of H-pyrrole nitrogens is 1. The highest BCUT2D eigenvalue weighted by molar-refractivity contribution is 5.41. The Bertz CT molecular complexity index is 568. The fraction of sp³-hybridized carbons (Fsp3) is 0.143. The van der Waals surface area contributed by atoms with Gasteiger partial charge in [0.05, 0.1) is 4.92 Å². The van der Waals surface area contributed by atoms with Crippen molar-refractivity contribution in [3.05, 3.63) is 38.4 Å². The van der Waals surface area contributed by atoms with Gasteiger partial charge in [0.1, 0.15) is 6.20 Å². The predicted octanol–water partition coefficient (Wildman–Crippen LogP) is 0.239. The standard InChI is InChI=1S/C7H6N4O3/c1-4-2-6-8-3-5(11(13)14)7(12)10(6)9-4/h2-3,9H,1H3. The van der Waals surface area contributed by atoms with Gasteiger partial charge in [-0.15, -0.1) is 0 Å². The molecule has 1 N–H and O–H groups in total. The summed E-state index contributed by atoms with van der Waals surface area (Å²) in [4.78, 5) is 24.9. The average Bonchev–Trinajstić information content (AvgIpc) is 2.46. The number of aryl methyl sites for hydroxylation is 1. The Morgan fingerprint density at radius 1 is 1.64 bits per heavy atom. The largest absolute Gasteiger partial charge is 0.354 e. The average molecular weight is 194 g/mol. The third-order valence-corrected chi connectivity index (χ3v) is 1.80. The Morgan fingerprint density at radius 2 is 2.36 bits per heavy atom. The van der Waals surface area contributed by atoms with Gasteiger partial charge in [-0.25, -0.2) is 4.98 Å². The Morgan fingerprint density at radius 3 is 3.00 bits per heavy atom. The van der Waals surface area contributed by atoms with Crippen molar-refractivity contribution in [2.75, 3.05) is 0 Å². The third kappa shape index (κ3) is 1.06. The molecule has 0 aliphatic carbocycles. The molecule has 2 aromatic heterocycles. The summed E-state index contributed by atoms with van der Waals surface area (Å²) in [5.41, 5.74) is -0.148. The van der Waals surface area contributed by atoms with Gasteiger partial charge in [-0.3, -0.25) is 20.0 Å². The van der Waals surface area contributed by atoms with E-state index in [1.54, 1.807) is 13.0 Å². The van der Waals surface area contributed by atoms with Crippen molar-refractivity contribution < 1.29 is 4.92 Å². The first-order valence-electron chi connectivity index (χ1n) is 3.81. The van der Waals surface area contributed by atoms with Crippen LogP contribution in [0.25, 0.3) is 5.65 Å². The van der Waals surface area contributed by atoms with Crippen LogP contribution < -0.4 is 5.56 Å². The Labute approximate surface area is 77.1 Å². The number of hydrogen-bond donors (Lipinski definition) is 1. The number of hydrogen-bond acceptors (Lipinski definition) is 4. The van der Waals surface area contributed by atoms with Gasteiger partial charge in [-0.1, -0.05) is 0 Å². The van der Waals surface area contributed by atoms with E-state index in [1.807, 2.05) is 0 Å². The second-order valence-electron chi connectivity index (χ2n) is 2.84. The lowest BCUT2D eigenvalue weighted by molar-refractivity contribution is -0.386. The SMILES string of the molecule is Cc1cc2ncc([N+](=O)[O-])c(=O)n2[nH]1. The third-order valence-electron chi connectivity index (χ3n) is 1.80. The van der Waals surface area contributed by atoms with E-state index in [1.165, 1.54) is 0 Å². The molecule has 7 heteroatoms. The minimum Gasteiger partial charge on any atom is -0.294 e. The maximum Gasteiger partial charge on any atom is 0.354 e. The maximum absolute atomic E-state index is 11.4. The highest BCUT2D eigenvalue weighted by Gasteiger charge is 2.15. The molecule has 14 heavy (non-hydrogen) atoms. The second-order valence-corrected chi connectivity index (χ2v) is 2.84. The lowest BCUT2D eigenvalue weighted by Crippen LogP contribution is -2.18. The van der Waals surface area contributed by atoms with E-state index in [0.717, 1.165) is 16.4 Å². The Hall–Kier alpha value is -2.18. The Balaban J connectivity index is 2.88. The second kappa shape index (κ2) is 2.66. The number of rotatable bonds is 1. The van der Waals surface area contributed by atoms with Crippen LogP contribution in [0.2, 0.25) is 0 Å². The van der Waals surface area contributed by atoms with Gasteiger partial charge in [0, 0.05) is 11.8 Å². The summed E-state index contributed by atoms with van der Waals surface area (Å²) in [6.07, 6.45) is 0.963. The zero-order valence-corrected chi connectivity index (χ0v) is 7.22. The highest BCUT2D eigenvalue weighted by Crippen LogP contribution is 2.04. The summed E-state index contributed by atoms with van der Waals surface area (Å²) in [5.74, 6) is 0. The normalized spacial score (nSPS) is 10.6. The van der Waals surface area contributed by atoms with E-state index in [4.69, 9.17) is 0 Å². The van der Waals surface area contributed by atoms with Crippen LogP contribution in [0.15, 0.2) is 17.1 Å². The number of nitro groups is 1.